The molecule has 0 atom stereocenters. The van der Waals surface area contributed by atoms with Gasteiger partial charge in [0.25, 0.3) is 0 Å². The molecule has 0 bridgehead atoms. The van der Waals surface area contributed by atoms with Gasteiger partial charge in [-0.1, -0.05) is 6.92 Å². The van der Waals surface area contributed by atoms with Crippen LogP contribution in [-0.2, 0) is 19.6 Å². The summed E-state index contributed by atoms with van der Waals surface area (Å²) in [5.41, 5.74) is 0. The molecule has 0 fully saturated rings. The number of likely N-dealkylation sites (N-methyl/N-ethyl adjacent to an activating group) is 1. The van der Waals surface area contributed by atoms with Crippen LogP contribution in [0.2, 0.25) is 0 Å². The molecule has 0 unspecified atom stereocenters. The molecule has 0 aliphatic carbocycles. The third kappa shape index (κ3) is 5.71. The third-order valence-corrected chi connectivity index (χ3v) is 3.81. The number of aliphatic carboxylic acids is 1. The molecule has 0 saturated carbocycles. The SMILES string of the molecule is CCN(CCOC)S(=O)(=O)CCC(=O)O. The number of rotatable bonds is 8. The Kier molecular flexibility index (Phi) is 6.46. The Hall–Kier alpha value is -0.660. The topological polar surface area (TPSA) is 83.9 Å². The van der Waals surface area contributed by atoms with Crippen LogP contribution < -0.4 is 0 Å². The van der Waals surface area contributed by atoms with Crippen molar-refractivity contribution in [3.05, 3.63) is 0 Å². The van der Waals surface area contributed by atoms with E-state index in [0.29, 0.717) is 13.2 Å². The van der Waals surface area contributed by atoms with Gasteiger partial charge in [0.1, 0.15) is 0 Å². The van der Waals surface area contributed by atoms with Crippen LogP contribution in [0.1, 0.15) is 13.3 Å². The summed E-state index contributed by atoms with van der Waals surface area (Å²) in [5, 5.41) is 8.40. The standard InChI is InChI=1S/C8H17NO5S/c1-3-9(5-6-14-2)15(12,13)7-4-8(10)11/h3-7H2,1-2H3,(H,10,11). The third-order valence-electron chi connectivity index (χ3n) is 1.86. The maximum Gasteiger partial charge on any atom is 0.304 e. The summed E-state index contributed by atoms with van der Waals surface area (Å²) in [4.78, 5) is 10.3. The molecule has 0 heterocycles. The highest BCUT2D eigenvalue weighted by molar-refractivity contribution is 7.89. The van der Waals surface area contributed by atoms with E-state index in [1.807, 2.05) is 0 Å². The number of hydrogen-bond donors (Lipinski definition) is 1. The Morgan fingerprint density at radius 1 is 1.47 bits per heavy atom. The second kappa shape index (κ2) is 6.76. The van der Waals surface area contributed by atoms with Gasteiger partial charge in [0.2, 0.25) is 10.0 Å². The summed E-state index contributed by atoms with van der Waals surface area (Å²) < 4.78 is 29.2. The van der Waals surface area contributed by atoms with E-state index >= 15 is 0 Å². The van der Waals surface area contributed by atoms with Gasteiger partial charge in [0.15, 0.2) is 0 Å². The lowest BCUT2D eigenvalue weighted by Gasteiger charge is -2.19. The van der Waals surface area contributed by atoms with Crippen molar-refractivity contribution in [2.75, 3.05) is 32.6 Å². The predicted molar refractivity (Wildman–Crippen MR) is 55.2 cm³/mol. The molecule has 1 N–H and O–H groups in total. The molecule has 0 aromatic rings. The van der Waals surface area contributed by atoms with Crippen molar-refractivity contribution >= 4 is 16.0 Å². The van der Waals surface area contributed by atoms with E-state index in [0.717, 1.165) is 0 Å². The van der Waals surface area contributed by atoms with Crippen molar-refractivity contribution in [1.82, 2.24) is 4.31 Å². The van der Waals surface area contributed by atoms with Crippen LogP contribution in [0, 0.1) is 0 Å². The van der Waals surface area contributed by atoms with Gasteiger partial charge < -0.3 is 9.84 Å². The van der Waals surface area contributed by atoms with Gasteiger partial charge in [-0.3, -0.25) is 4.79 Å². The number of hydrogen-bond acceptors (Lipinski definition) is 4. The Labute approximate surface area is 89.9 Å². The second-order valence-electron chi connectivity index (χ2n) is 2.94. The van der Waals surface area contributed by atoms with Crippen LogP contribution in [0.15, 0.2) is 0 Å². The Balaban J connectivity index is 4.31. The quantitative estimate of drug-likeness (QED) is 0.632. The number of carboxylic acids is 1. The lowest BCUT2D eigenvalue weighted by Crippen LogP contribution is -2.36. The Bertz CT molecular complexity index is 287. The number of sulfonamides is 1. The fraction of sp³-hybridized carbons (Fsp3) is 0.875. The fourth-order valence-electron chi connectivity index (χ4n) is 1.03. The minimum Gasteiger partial charge on any atom is -0.481 e. The zero-order valence-corrected chi connectivity index (χ0v) is 9.79. The van der Waals surface area contributed by atoms with Gasteiger partial charge in [-0.15, -0.1) is 0 Å². The molecule has 0 rings (SSSR count). The lowest BCUT2D eigenvalue weighted by molar-refractivity contribution is -0.136. The molecule has 0 saturated heterocycles. The molecule has 7 heteroatoms. The zero-order chi connectivity index (χ0) is 11.9. The van der Waals surface area contributed by atoms with Gasteiger partial charge in [0, 0.05) is 20.2 Å². The van der Waals surface area contributed by atoms with Crippen molar-refractivity contribution in [2.45, 2.75) is 13.3 Å². The smallest absolute Gasteiger partial charge is 0.304 e. The highest BCUT2D eigenvalue weighted by Crippen LogP contribution is 2.03. The van der Waals surface area contributed by atoms with E-state index in [2.05, 4.69) is 0 Å². The van der Waals surface area contributed by atoms with Crippen molar-refractivity contribution < 1.29 is 23.1 Å². The fourth-order valence-corrected chi connectivity index (χ4v) is 2.47. The number of ether oxygens (including phenoxy) is 1. The molecule has 0 aromatic carbocycles. The van der Waals surface area contributed by atoms with E-state index in [-0.39, 0.29) is 18.7 Å². The predicted octanol–water partition coefficient (Wildman–Crippen LogP) is -0.241. The Morgan fingerprint density at radius 3 is 2.47 bits per heavy atom. The van der Waals surface area contributed by atoms with Gasteiger partial charge in [-0.05, 0) is 0 Å². The van der Waals surface area contributed by atoms with E-state index in [1.54, 1.807) is 6.92 Å². The minimum atomic E-state index is -3.47. The highest BCUT2D eigenvalue weighted by Gasteiger charge is 2.20. The molecule has 0 spiro atoms. The van der Waals surface area contributed by atoms with Crippen LogP contribution in [0.5, 0.6) is 0 Å². The maximum absolute atomic E-state index is 11.6. The summed E-state index contributed by atoms with van der Waals surface area (Å²) in [6, 6.07) is 0. The molecule has 90 valence electrons. The van der Waals surface area contributed by atoms with Crippen LogP contribution in [-0.4, -0.2) is 56.4 Å². The van der Waals surface area contributed by atoms with Gasteiger partial charge >= 0.3 is 5.97 Å². The Morgan fingerprint density at radius 2 is 2.07 bits per heavy atom. The highest BCUT2D eigenvalue weighted by atomic mass is 32.2. The van der Waals surface area contributed by atoms with Crippen molar-refractivity contribution in [2.24, 2.45) is 0 Å². The minimum absolute atomic E-state index is 0.259. The van der Waals surface area contributed by atoms with E-state index < -0.39 is 16.0 Å². The van der Waals surface area contributed by atoms with Gasteiger partial charge in [0.05, 0.1) is 18.8 Å². The average molecular weight is 239 g/mol. The summed E-state index contributed by atoms with van der Waals surface area (Å²) >= 11 is 0. The summed E-state index contributed by atoms with van der Waals surface area (Å²) in [5.74, 6) is -1.47. The van der Waals surface area contributed by atoms with E-state index in [9.17, 15) is 13.2 Å². The van der Waals surface area contributed by atoms with Crippen molar-refractivity contribution in [3.8, 4) is 0 Å². The first-order valence-corrected chi connectivity index (χ1v) is 6.23. The molecule has 6 nitrogen and oxygen atoms in total. The molecular formula is C8H17NO5S. The molecule has 0 aliphatic heterocycles. The molecular weight excluding hydrogens is 222 g/mol. The summed E-state index contributed by atoms with van der Waals surface area (Å²) in [6.45, 7) is 2.59. The van der Waals surface area contributed by atoms with Crippen LogP contribution in [0.4, 0.5) is 0 Å². The zero-order valence-electron chi connectivity index (χ0n) is 8.97. The monoisotopic (exact) mass is 239 g/mol. The molecule has 15 heavy (non-hydrogen) atoms. The number of carbonyl (C=O) groups is 1. The largest absolute Gasteiger partial charge is 0.481 e. The normalized spacial score (nSPS) is 11.9. The molecule has 0 amide bonds. The first-order chi connectivity index (χ1) is 6.94. The number of nitrogens with zero attached hydrogens (tertiary/aromatic N) is 1. The van der Waals surface area contributed by atoms with Crippen molar-refractivity contribution in [1.29, 1.82) is 0 Å². The van der Waals surface area contributed by atoms with Crippen LogP contribution in [0.25, 0.3) is 0 Å². The average Bonchev–Trinajstić information content (AvgIpc) is 2.16. The molecule has 0 radical (unpaired) electrons. The number of carboxylic acid groups (broad SMARTS) is 1. The van der Waals surface area contributed by atoms with Crippen LogP contribution >= 0.6 is 0 Å². The van der Waals surface area contributed by atoms with Crippen LogP contribution in [0.3, 0.4) is 0 Å². The second-order valence-corrected chi connectivity index (χ2v) is 5.03. The maximum atomic E-state index is 11.6. The first kappa shape index (κ1) is 14.3. The van der Waals surface area contributed by atoms with Crippen molar-refractivity contribution in [3.63, 3.8) is 0 Å². The molecule has 0 aliphatic rings. The number of methoxy groups -OCH3 is 1. The lowest BCUT2D eigenvalue weighted by atomic mass is 10.5. The van der Waals surface area contributed by atoms with Gasteiger partial charge in [-0.25, -0.2) is 8.42 Å². The van der Waals surface area contributed by atoms with E-state index in [1.165, 1.54) is 11.4 Å². The van der Waals surface area contributed by atoms with E-state index in [4.69, 9.17) is 9.84 Å². The summed E-state index contributed by atoms with van der Waals surface area (Å²) in [7, 11) is -1.98. The molecule has 0 aromatic heterocycles. The first-order valence-electron chi connectivity index (χ1n) is 4.62. The van der Waals surface area contributed by atoms with Gasteiger partial charge in [-0.2, -0.15) is 4.31 Å². The summed E-state index contributed by atoms with van der Waals surface area (Å²) in [6.07, 6.45) is -0.369.